The fourth-order valence-electron chi connectivity index (χ4n) is 1.64. The standard InChI is InChI=1S/C12H15N7/c1-3-4-15-12-9(6-13)11(14)19(18-12)10-5-8(2)16-7-17-10/h5,7H,3-4,14H2,1-2H3,(H,15,18). The summed E-state index contributed by atoms with van der Waals surface area (Å²) in [6.07, 6.45) is 2.38. The van der Waals surface area contributed by atoms with Crippen LogP contribution in [0.1, 0.15) is 24.6 Å². The maximum atomic E-state index is 9.16. The largest absolute Gasteiger partial charge is 0.382 e. The zero-order valence-electron chi connectivity index (χ0n) is 10.9. The Kier molecular flexibility index (Phi) is 3.61. The normalized spacial score (nSPS) is 10.2. The molecular formula is C12H15N7. The van der Waals surface area contributed by atoms with E-state index >= 15 is 0 Å². The predicted octanol–water partition coefficient (Wildman–Crippen LogP) is 1.25. The van der Waals surface area contributed by atoms with Gasteiger partial charge in [-0.05, 0) is 13.3 Å². The van der Waals surface area contributed by atoms with Gasteiger partial charge in [0.2, 0.25) is 0 Å². The Morgan fingerprint density at radius 2 is 2.26 bits per heavy atom. The number of nitriles is 1. The first-order chi connectivity index (χ1) is 9.17. The van der Waals surface area contributed by atoms with E-state index < -0.39 is 0 Å². The van der Waals surface area contributed by atoms with Crippen LogP contribution in [-0.4, -0.2) is 26.3 Å². The van der Waals surface area contributed by atoms with Gasteiger partial charge in [-0.3, -0.25) is 0 Å². The summed E-state index contributed by atoms with van der Waals surface area (Å²) in [5.74, 6) is 1.31. The SMILES string of the molecule is CCCNc1nn(-c2cc(C)ncn2)c(N)c1C#N. The molecule has 0 aliphatic heterocycles. The van der Waals surface area contributed by atoms with Crippen molar-refractivity contribution in [1.82, 2.24) is 19.7 Å². The van der Waals surface area contributed by atoms with Crippen LogP contribution in [0.5, 0.6) is 0 Å². The molecule has 0 bridgehead atoms. The summed E-state index contributed by atoms with van der Waals surface area (Å²) >= 11 is 0. The van der Waals surface area contributed by atoms with Crippen LogP contribution in [0.4, 0.5) is 11.6 Å². The van der Waals surface area contributed by atoms with Crippen LogP contribution in [0.2, 0.25) is 0 Å². The Hall–Kier alpha value is -2.62. The molecule has 0 saturated carbocycles. The highest BCUT2D eigenvalue weighted by molar-refractivity contribution is 5.65. The molecule has 2 aromatic heterocycles. The molecule has 0 radical (unpaired) electrons. The van der Waals surface area contributed by atoms with Crippen molar-refractivity contribution >= 4 is 11.6 Å². The Labute approximate surface area is 111 Å². The van der Waals surface area contributed by atoms with Crippen molar-refractivity contribution < 1.29 is 0 Å². The van der Waals surface area contributed by atoms with E-state index in [2.05, 4.69) is 26.5 Å². The van der Waals surface area contributed by atoms with E-state index in [9.17, 15) is 0 Å². The third-order valence-corrected chi connectivity index (χ3v) is 2.58. The fraction of sp³-hybridized carbons (Fsp3) is 0.333. The third-order valence-electron chi connectivity index (χ3n) is 2.58. The summed E-state index contributed by atoms with van der Waals surface area (Å²) in [5, 5.41) is 16.5. The van der Waals surface area contributed by atoms with Crippen molar-refractivity contribution in [3.63, 3.8) is 0 Å². The molecule has 0 fully saturated rings. The molecule has 98 valence electrons. The highest BCUT2D eigenvalue weighted by atomic mass is 15.4. The van der Waals surface area contributed by atoms with Gasteiger partial charge in [0.25, 0.3) is 0 Å². The maximum absolute atomic E-state index is 9.16. The van der Waals surface area contributed by atoms with Crippen LogP contribution >= 0.6 is 0 Å². The number of aryl methyl sites for hydroxylation is 1. The van der Waals surface area contributed by atoms with Gasteiger partial charge in [-0.1, -0.05) is 6.92 Å². The number of aromatic nitrogens is 4. The minimum atomic E-state index is 0.277. The number of hydrogen-bond acceptors (Lipinski definition) is 6. The molecule has 2 heterocycles. The average molecular weight is 257 g/mol. The molecule has 0 aliphatic carbocycles. The van der Waals surface area contributed by atoms with Crippen molar-refractivity contribution in [1.29, 1.82) is 5.26 Å². The zero-order valence-corrected chi connectivity index (χ0v) is 10.9. The summed E-state index contributed by atoms with van der Waals surface area (Å²) in [6.45, 7) is 4.62. The molecule has 0 aromatic carbocycles. The Bertz CT molecular complexity index is 623. The second-order valence-corrected chi connectivity index (χ2v) is 4.08. The van der Waals surface area contributed by atoms with Crippen molar-refractivity contribution in [2.45, 2.75) is 20.3 Å². The van der Waals surface area contributed by atoms with E-state index in [-0.39, 0.29) is 5.82 Å². The van der Waals surface area contributed by atoms with Crippen LogP contribution in [-0.2, 0) is 0 Å². The second-order valence-electron chi connectivity index (χ2n) is 4.08. The number of nitrogen functional groups attached to an aromatic ring is 1. The first-order valence-electron chi connectivity index (χ1n) is 5.98. The fourth-order valence-corrected chi connectivity index (χ4v) is 1.64. The number of hydrogen-bond donors (Lipinski definition) is 2. The minimum Gasteiger partial charge on any atom is -0.382 e. The summed E-state index contributed by atoms with van der Waals surface area (Å²) in [6, 6.07) is 3.82. The van der Waals surface area contributed by atoms with Gasteiger partial charge in [0, 0.05) is 18.3 Å². The smallest absolute Gasteiger partial charge is 0.168 e. The van der Waals surface area contributed by atoms with Gasteiger partial charge in [-0.25, -0.2) is 9.97 Å². The molecule has 2 aromatic rings. The molecule has 7 heteroatoms. The Morgan fingerprint density at radius 1 is 1.47 bits per heavy atom. The van der Waals surface area contributed by atoms with Gasteiger partial charge < -0.3 is 11.1 Å². The Morgan fingerprint density at radius 3 is 2.89 bits per heavy atom. The topological polar surface area (TPSA) is 105 Å². The molecular weight excluding hydrogens is 242 g/mol. The van der Waals surface area contributed by atoms with Crippen LogP contribution < -0.4 is 11.1 Å². The average Bonchev–Trinajstić information content (AvgIpc) is 2.72. The molecule has 3 N–H and O–H groups in total. The highest BCUT2D eigenvalue weighted by Gasteiger charge is 2.16. The summed E-state index contributed by atoms with van der Waals surface area (Å²) in [7, 11) is 0. The van der Waals surface area contributed by atoms with Crippen molar-refractivity contribution in [2.24, 2.45) is 0 Å². The maximum Gasteiger partial charge on any atom is 0.168 e. The molecule has 0 aliphatic rings. The summed E-state index contributed by atoms with van der Waals surface area (Å²) < 4.78 is 1.45. The second kappa shape index (κ2) is 5.35. The quantitative estimate of drug-likeness (QED) is 0.853. The van der Waals surface area contributed by atoms with E-state index in [1.54, 1.807) is 6.07 Å². The van der Waals surface area contributed by atoms with Crippen LogP contribution in [0.3, 0.4) is 0 Å². The van der Waals surface area contributed by atoms with Gasteiger partial charge in [-0.2, -0.15) is 9.94 Å². The summed E-state index contributed by atoms with van der Waals surface area (Å²) in [4.78, 5) is 8.13. The molecule has 7 nitrogen and oxygen atoms in total. The third kappa shape index (κ3) is 2.47. The lowest BCUT2D eigenvalue weighted by Gasteiger charge is -2.02. The van der Waals surface area contributed by atoms with Gasteiger partial charge >= 0.3 is 0 Å². The lowest BCUT2D eigenvalue weighted by atomic mass is 10.3. The number of nitrogens with zero attached hydrogens (tertiary/aromatic N) is 5. The number of nitrogens with one attached hydrogen (secondary N) is 1. The first kappa shape index (κ1) is 12.8. The lowest BCUT2D eigenvalue weighted by Crippen LogP contribution is -2.06. The zero-order chi connectivity index (χ0) is 13.8. The molecule has 0 atom stereocenters. The van der Waals surface area contributed by atoms with Crippen LogP contribution in [0, 0.1) is 18.3 Å². The minimum absolute atomic E-state index is 0.277. The van der Waals surface area contributed by atoms with Gasteiger partial charge in [-0.15, -0.1) is 5.10 Å². The van der Waals surface area contributed by atoms with Crippen molar-refractivity contribution in [3.05, 3.63) is 23.7 Å². The van der Waals surface area contributed by atoms with Gasteiger partial charge in [0.05, 0.1) is 0 Å². The molecule has 2 rings (SSSR count). The number of nitrogens with two attached hydrogens (primary N) is 1. The van der Waals surface area contributed by atoms with E-state index in [1.807, 2.05) is 13.8 Å². The number of rotatable bonds is 4. The molecule has 0 saturated heterocycles. The number of anilines is 2. The van der Waals surface area contributed by atoms with Crippen LogP contribution in [0.25, 0.3) is 5.82 Å². The Balaban J connectivity index is 2.47. The van der Waals surface area contributed by atoms with Gasteiger partial charge in [0.15, 0.2) is 11.6 Å². The lowest BCUT2D eigenvalue weighted by molar-refractivity contribution is 0.840. The van der Waals surface area contributed by atoms with Crippen LogP contribution in [0.15, 0.2) is 12.4 Å². The van der Waals surface area contributed by atoms with E-state index in [4.69, 9.17) is 11.0 Å². The summed E-state index contributed by atoms with van der Waals surface area (Å²) in [5.41, 5.74) is 7.09. The van der Waals surface area contributed by atoms with Crippen molar-refractivity contribution in [2.75, 3.05) is 17.6 Å². The van der Waals surface area contributed by atoms with Crippen molar-refractivity contribution in [3.8, 4) is 11.9 Å². The van der Waals surface area contributed by atoms with E-state index in [1.165, 1.54) is 11.0 Å². The monoisotopic (exact) mass is 257 g/mol. The molecule has 19 heavy (non-hydrogen) atoms. The highest BCUT2D eigenvalue weighted by Crippen LogP contribution is 2.23. The van der Waals surface area contributed by atoms with E-state index in [0.29, 0.717) is 17.2 Å². The molecule has 0 spiro atoms. The van der Waals surface area contributed by atoms with E-state index in [0.717, 1.165) is 18.7 Å². The molecule has 0 amide bonds. The van der Waals surface area contributed by atoms with Gasteiger partial charge in [0.1, 0.15) is 23.8 Å². The molecule has 0 unspecified atom stereocenters. The first-order valence-corrected chi connectivity index (χ1v) is 5.98. The predicted molar refractivity (Wildman–Crippen MR) is 71.8 cm³/mol.